The van der Waals surface area contributed by atoms with Crippen LogP contribution in [0.2, 0.25) is 0 Å². The van der Waals surface area contributed by atoms with Crippen molar-refractivity contribution in [3.05, 3.63) is 66.6 Å². The monoisotopic (exact) mass is 481 g/mol. The number of nitro benzene ring substituents is 1. The summed E-state index contributed by atoms with van der Waals surface area (Å²) in [6.07, 6.45) is 0. The molecule has 1 aliphatic rings. The van der Waals surface area contributed by atoms with Crippen LogP contribution in [0.25, 0.3) is 0 Å². The number of non-ortho nitro benzene ring substituents is 1. The minimum absolute atomic E-state index is 0.165. The van der Waals surface area contributed by atoms with E-state index in [9.17, 15) is 24.5 Å². The summed E-state index contributed by atoms with van der Waals surface area (Å²) in [5, 5.41) is 13.4. The smallest absolute Gasteiger partial charge is 0.271 e. The predicted octanol–water partition coefficient (Wildman–Crippen LogP) is 3.35. The number of halogens is 2. The van der Waals surface area contributed by atoms with Crippen molar-refractivity contribution < 1.29 is 19.3 Å². The molecule has 3 rings (SSSR count). The van der Waals surface area contributed by atoms with E-state index in [0.29, 0.717) is 0 Å². The first-order valence-corrected chi connectivity index (χ1v) is 8.76. The minimum atomic E-state index is -0.616. The Hall–Kier alpha value is -2.59. The summed E-state index contributed by atoms with van der Waals surface area (Å²) < 4.78 is 0.573. The summed E-state index contributed by atoms with van der Waals surface area (Å²) >= 11 is 6.32. The predicted molar refractivity (Wildman–Crippen MR) is 98.9 cm³/mol. The summed E-state index contributed by atoms with van der Waals surface area (Å²) in [5.41, 5.74) is 0.602. The normalized spacial score (nSPS) is 12.9. The van der Waals surface area contributed by atoms with E-state index >= 15 is 0 Å². The number of anilines is 1. The highest BCUT2D eigenvalue weighted by Crippen LogP contribution is 2.35. The third-order valence-electron chi connectivity index (χ3n) is 3.68. The molecule has 0 unspecified atom stereocenters. The first kappa shape index (κ1) is 18.2. The summed E-state index contributed by atoms with van der Waals surface area (Å²) in [6, 6.07) is 8.80. The number of hydrogen-bond donors (Lipinski definition) is 1. The Bertz CT molecular complexity index is 918. The zero-order chi connectivity index (χ0) is 19.0. The van der Waals surface area contributed by atoms with Crippen molar-refractivity contribution in [2.75, 3.05) is 11.9 Å². The molecule has 1 N–H and O–H groups in total. The molecule has 132 valence electrons. The van der Waals surface area contributed by atoms with Crippen LogP contribution in [0, 0.1) is 10.1 Å². The highest BCUT2D eigenvalue weighted by atomic mass is 79.9. The quantitative estimate of drug-likeness (QED) is 0.408. The molecule has 2 aromatic carbocycles. The number of rotatable bonds is 4. The number of benzene rings is 2. The maximum Gasteiger partial charge on any atom is 0.271 e. The van der Waals surface area contributed by atoms with Crippen LogP contribution in [0.5, 0.6) is 0 Å². The molecular formula is C16H9Br2N3O5. The van der Waals surface area contributed by atoms with E-state index in [0.717, 1.165) is 4.90 Å². The number of carbonyl (C=O) groups is 3. The molecule has 0 radical (unpaired) electrons. The number of hydrogen-bond acceptors (Lipinski definition) is 5. The van der Waals surface area contributed by atoms with Crippen LogP contribution in [0.1, 0.15) is 20.7 Å². The van der Waals surface area contributed by atoms with Gasteiger partial charge in [0.05, 0.1) is 21.7 Å². The standard InChI is InChI=1S/C16H9Br2N3O5/c17-11-5-8(21(25)26)6-12(18)14(11)19-13(22)7-20-15(23)9-3-1-2-4-10(9)16(20)24/h1-6H,7H2,(H,19,22). The fourth-order valence-electron chi connectivity index (χ4n) is 2.49. The SMILES string of the molecule is O=C(CN1C(=O)c2ccccc2C1=O)Nc1c(Br)cc([N+](=O)[O-])cc1Br. The van der Waals surface area contributed by atoms with Crippen LogP contribution in [0.3, 0.4) is 0 Å². The zero-order valence-electron chi connectivity index (χ0n) is 12.9. The molecule has 1 heterocycles. The molecule has 10 heteroatoms. The molecule has 0 aromatic heterocycles. The summed E-state index contributed by atoms with van der Waals surface area (Å²) in [4.78, 5) is 48.0. The molecule has 0 saturated carbocycles. The Morgan fingerprint density at radius 2 is 1.58 bits per heavy atom. The minimum Gasteiger partial charge on any atom is -0.323 e. The van der Waals surface area contributed by atoms with Gasteiger partial charge in [-0.05, 0) is 44.0 Å². The number of nitrogens with one attached hydrogen (secondary N) is 1. The van der Waals surface area contributed by atoms with E-state index in [1.807, 2.05) is 0 Å². The fraction of sp³-hybridized carbons (Fsp3) is 0.0625. The molecule has 3 amide bonds. The number of nitro groups is 1. The largest absolute Gasteiger partial charge is 0.323 e. The molecule has 26 heavy (non-hydrogen) atoms. The Balaban J connectivity index is 1.78. The van der Waals surface area contributed by atoms with E-state index in [4.69, 9.17) is 0 Å². The second-order valence-electron chi connectivity index (χ2n) is 5.33. The second kappa shape index (κ2) is 6.96. The highest BCUT2D eigenvalue weighted by molar-refractivity contribution is 9.11. The lowest BCUT2D eigenvalue weighted by Crippen LogP contribution is -2.37. The van der Waals surface area contributed by atoms with Gasteiger partial charge in [0.25, 0.3) is 17.5 Å². The van der Waals surface area contributed by atoms with E-state index in [1.165, 1.54) is 24.3 Å². The van der Waals surface area contributed by atoms with Crippen molar-refractivity contribution in [1.29, 1.82) is 0 Å². The van der Waals surface area contributed by atoms with Gasteiger partial charge in [-0.3, -0.25) is 29.4 Å². The summed E-state index contributed by atoms with van der Waals surface area (Å²) in [7, 11) is 0. The number of fused-ring (bicyclic) bond motifs is 1. The fourth-order valence-corrected chi connectivity index (χ4v) is 3.85. The number of amides is 3. The molecule has 0 saturated heterocycles. The first-order valence-electron chi connectivity index (χ1n) is 7.18. The van der Waals surface area contributed by atoms with Gasteiger partial charge in [-0.2, -0.15) is 0 Å². The van der Waals surface area contributed by atoms with Crippen molar-refractivity contribution in [2.24, 2.45) is 0 Å². The Morgan fingerprint density at radius 1 is 1.08 bits per heavy atom. The van der Waals surface area contributed by atoms with Gasteiger partial charge in [-0.25, -0.2) is 0 Å². The van der Waals surface area contributed by atoms with Gasteiger partial charge in [-0.1, -0.05) is 12.1 Å². The topological polar surface area (TPSA) is 110 Å². The maximum atomic E-state index is 12.3. The van der Waals surface area contributed by atoms with Crippen LogP contribution in [0.4, 0.5) is 11.4 Å². The Morgan fingerprint density at radius 3 is 2.04 bits per heavy atom. The van der Waals surface area contributed by atoms with Crippen molar-refractivity contribution in [1.82, 2.24) is 4.90 Å². The van der Waals surface area contributed by atoms with Gasteiger partial charge in [0, 0.05) is 21.1 Å². The molecule has 0 aliphatic carbocycles. The summed E-state index contributed by atoms with van der Waals surface area (Å²) in [5.74, 6) is -1.69. The number of nitrogens with zero attached hydrogens (tertiary/aromatic N) is 2. The van der Waals surface area contributed by atoms with Gasteiger partial charge in [0.2, 0.25) is 5.91 Å². The molecule has 2 aromatic rings. The second-order valence-corrected chi connectivity index (χ2v) is 7.04. The molecule has 0 bridgehead atoms. The van der Waals surface area contributed by atoms with E-state index in [-0.39, 0.29) is 31.4 Å². The van der Waals surface area contributed by atoms with Crippen LogP contribution < -0.4 is 5.32 Å². The van der Waals surface area contributed by atoms with Crippen molar-refractivity contribution in [3.63, 3.8) is 0 Å². The van der Waals surface area contributed by atoms with Gasteiger partial charge >= 0.3 is 0 Å². The lowest BCUT2D eigenvalue weighted by Gasteiger charge is -2.15. The van der Waals surface area contributed by atoms with Crippen LogP contribution in [-0.2, 0) is 4.79 Å². The van der Waals surface area contributed by atoms with E-state index < -0.39 is 29.2 Å². The lowest BCUT2D eigenvalue weighted by atomic mass is 10.1. The lowest BCUT2D eigenvalue weighted by molar-refractivity contribution is -0.385. The average Bonchev–Trinajstić information content (AvgIpc) is 2.83. The molecule has 0 fully saturated rings. The highest BCUT2D eigenvalue weighted by Gasteiger charge is 2.36. The molecule has 1 aliphatic heterocycles. The van der Waals surface area contributed by atoms with Crippen molar-refractivity contribution in [2.45, 2.75) is 0 Å². The van der Waals surface area contributed by atoms with Gasteiger partial charge in [-0.15, -0.1) is 0 Å². The van der Waals surface area contributed by atoms with Crippen molar-refractivity contribution in [3.8, 4) is 0 Å². The van der Waals surface area contributed by atoms with E-state index in [1.54, 1.807) is 12.1 Å². The molecule has 8 nitrogen and oxygen atoms in total. The maximum absolute atomic E-state index is 12.3. The van der Waals surface area contributed by atoms with Gasteiger partial charge < -0.3 is 5.32 Å². The number of carbonyl (C=O) groups excluding carboxylic acids is 3. The van der Waals surface area contributed by atoms with E-state index in [2.05, 4.69) is 37.2 Å². The Kier molecular flexibility index (Phi) is 4.88. The summed E-state index contributed by atoms with van der Waals surface area (Å²) in [6.45, 7) is -0.470. The Labute approximate surface area is 163 Å². The average molecular weight is 483 g/mol. The third kappa shape index (κ3) is 3.25. The van der Waals surface area contributed by atoms with Crippen LogP contribution in [-0.4, -0.2) is 34.1 Å². The van der Waals surface area contributed by atoms with Crippen molar-refractivity contribution >= 4 is 61.0 Å². The van der Waals surface area contributed by atoms with Gasteiger partial charge in [0.15, 0.2) is 0 Å². The molecule has 0 atom stereocenters. The third-order valence-corrected chi connectivity index (χ3v) is 4.93. The molecular weight excluding hydrogens is 474 g/mol. The molecule has 0 spiro atoms. The number of imide groups is 1. The zero-order valence-corrected chi connectivity index (χ0v) is 16.0. The van der Waals surface area contributed by atoms with Crippen LogP contribution >= 0.6 is 31.9 Å². The first-order chi connectivity index (χ1) is 12.3. The van der Waals surface area contributed by atoms with Gasteiger partial charge in [0.1, 0.15) is 6.54 Å². The van der Waals surface area contributed by atoms with Crippen LogP contribution in [0.15, 0.2) is 45.3 Å².